The molecule has 1 heterocycles. The van der Waals surface area contributed by atoms with E-state index in [1.807, 2.05) is 0 Å². The molecule has 190 valence electrons. The highest BCUT2D eigenvalue weighted by molar-refractivity contribution is 5.97. The quantitative estimate of drug-likeness (QED) is 0.401. The molecule has 4 rings (SSSR count). The van der Waals surface area contributed by atoms with Crippen LogP contribution in [-0.4, -0.2) is 46.2 Å². The third-order valence-corrected chi connectivity index (χ3v) is 5.96. The lowest BCUT2D eigenvalue weighted by Gasteiger charge is -2.34. The van der Waals surface area contributed by atoms with Crippen molar-refractivity contribution < 1.29 is 32.6 Å². The largest absolute Gasteiger partial charge is 0.496 e. The summed E-state index contributed by atoms with van der Waals surface area (Å²) in [5.41, 5.74) is 4.17. The highest BCUT2D eigenvalue weighted by Crippen LogP contribution is 2.48. The van der Waals surface area contributed by atoms with Crippen LogP contribution in [0.5, 0.6) is 5.75 Å². The van der Waals surface area contributed by atoms with Gasteiger partial charge in [0, 0.05) is 37.4 Å². The Hall–Kier alpha value is -4.02. The highest BCUT2D eigenvalue weighted by Gasteiger charge is 2.48. The SMILES string of the molecule is CCNn1c(C2CC(F)(F)C2)nc(-c2ccc(CNC(=O)c3cc(F)ccc3OC)cc2)c1C(=O)O. The molecule has 0 radical (unpaired) electrons. The van der Waals surface area contributed by atoms with Gasteiger partial charge in [-0.25, -0.2) is 27.6 Å². The summed E-state index contributed by atoms with van der Waals surface area (Å²) < 4.78 is 47.0. The van der Waals surface area contributed by atoms with Crippen LogP contribution < -0.4 is 15.5 Å². The third kappa shape index (κ3) is 5.00. The maximum absolute atomic E-state index is 13.6. The summed E-state index contributed by atoms with van der Waals surface area (Å²) in [6.45, 7) is 2.27. The summed E-state index contributed by atoms with van der Waals surface area (Å²) >= 11 is 0. The van der Waals surface area contributed by atoms with Gasteiger partial charge in [0.1, 0.15) is 23.1 Å². The van der Waals surface area contributed by atoms with Crippen LogP contribution in [-0.2, 0) is 6.54 Å². The first-order valence-electron chi connectivity index (χ1n) is 11.3. The molecule has 8 nitrogen and oxygen atoms in total. The van der Waals surface area contributed by atoms with Crippen molar-refractivity contribution in [1.29, 1.82) is 0 Å². The molecule has 36 heavy (non-hydrogen) atoms. The lowest BCUT2D eigenvalue weighted by Crippen LogP contribution is -2.36. The molecule has 11 heteroatoms. The van der Waals surface area contributed by atoms with Crippen molar-refractivity contribution in [2.75, 3.05) is 19.1 Å². The third-order valence-electron chi connectivity index (χ3n) is 5.96. The number of aromatic nitrogens is 2. The number of imidazole rings is 1. The molecule has 0 spiro atoms. The summed E-state index contributed by atoms with van der Waals surface area (Å²) in [6.07, 6.45) is -0.773. The monoisotopic (exact) mass is 502 g/mol. The summed E-state index contributed by atoms with van der Waals surface area (Å²) in [5.74, 6) is -5.16. The number of alkyl halides is 2. The zero-order chi connectivity index (χ0) is 26.0. The van der Waals surface area contributed by atoms with Crippen molar-refractivity contribution in [2.45, 2.75) is 38.2 Å². The number of amides is 1. The van der Waals surface area contributed by atoms with E-state index < -0.39 is 29.5 Å². The Bertz CT molecular complexity index is 1280. The Labute approximate surface area is 205 Å². The molecule has 0 saturated heterocycles. The fourth-order valence-corrected chi connectivity index (χ4v) is 4.19. The van der Waals surface area contributed by atoms with Crippen LogP contribution in [0.1, 0.15) is 57.9 Å². The highest BCUT2D eigenvalue weighted by atomic mass is 19.3. The first-order valence-corrected chi connectivity index (χ1v) is 11.3. The van der Waals surface area contributed by atoms with Gasteiger partial charge < -0.3 is 20.6 Å². The van der Waals surface area contributed by atoms with Crippen molar-refractivity contribution in [1.82, 2.24) is 15.0 Å². The van der Waals surface area contributed by atoms with Crippen LogP contribution >= 0.6 is 0 Å². The number of benzene rings is 2. The minimum absolute atomic E-state index is 0.0586. The van der Waals surface area contributed by atoms with E-state index in [1.54, 1.807) is 31.2 Å². The van der Waals surface area contributed by atoms with Gasteiger partial charge in [0.2, 0.25) is 5.92 Å². The molecule has 0 bridgehead atoms. The minimum atomic E-state index is -2.78. The van der Waals surface area contributed by atoms with Gasteiger partial charge >= 0.3 is 5.97 Å². The topological polar surface area (TPSA) is 105 Å². The standard InChI is InChI=1S/C25H25F3N4O4/c1-3-30-32-21(24(34)35)20(31-22(32)16-11-25(27,28)12-16)15-6-4-14(5-7-15)13-29-23(33)18-10-17(26)8-9-19(18)36-2/h4-10,16,30H,3,11-13H2,1-2H3,(H,29,33)(H,34,35). The molecule has 1 amide bonds. The Morgan fingerprint density at radius 2 is 1.89 bits per heavy atom. The number of hydrogen-bond donors (Lipinski definition) is 3. The van der Waals surface area contributed by atoms with Gasteiger partial charge in [-0.15, -0.1) is 0 Å². The molecule has 1 aliphatic carbocycles. The molecular formula is C25H25F3N4O4. The second kappa shape index (κ2) is 9.92. The number of nitrogens with zero attached hydrogens (tertiary/aromatic N) is 2. The number of nitrogens with one attached hydrogen (secondary N) is 2. The van der Waals surface area contributed by atoms with Crippen LogP contribution in [0.15, 0.2) is 42.5 Å². The molecule has 0 unspecified atom stereocenters. The number of carboxylic acid groups (broad SMARTS) is 1. The van der Waals surface area contributed by atoms with Gasteiger partial charge in [-0.3, -0.25) is 4.79 Å². The fraction of sp³-hybridized carbons (Fsp3) is 0.320. The summed E-state index contributed by atoms with van der Waals surface area (Å²) in [4.78, 5) is 29.0. The average molecular weight is 502 g/mol. The predicted octanol–water partition coefficient (Wildman–Crippen LogP) is 4.40. The number of carbonyl (C=O) groups excluding carboxylic acids is 1. The molecule has 2 aromatic carbocycles. The molecule has 1 fully saturated rings. The van der Waals surface area contributed by atoms with Gasteiger partial charge in [0.05, 0.1) is 12.7 Å². The zero-order valence-electron chi connectivity index (χ0n) is 19.6. The van der Waals surface area contributed by atoms with E-state index >= 15 is 0 Å². The molecule has 1 saturated carbocycles. The number of carbonyl (C=O) groups is 2. The predicted molar refractivity (Wildman–Crippen MR) is 126 cm³/mol. The molecular weight excluding hydrogens is 477 g/mol. The van der Waals surface area contributed by atoms with Crippen LogP contribution in [0.25, 0.3) is 11.3 Å². The number of aromatic carboxylic acids is 1. The van der Waals surface area contributed by atoms with Crippen molar-refractivity contribution >= 4 is 11.9 Å². The zero-order valence-corrected chi connectivity index (χ0v) is 19.6. The Balaban J connectivity index is 1.55. The van der Waals surface area contributed by atoms with E-state index in [1.165, 1.54) is 23.9 Å². The Morgan fingerprint density at radius 3 is 2.47 bits per heavy atom. The lowest BCUT2D eigenvalue weighted by atomic mass is 9.81. The van der Waals surface area contributed by atoms with Gasteiger partial charge in [0.15, 0.2) is 5.69 Å². The van der Waals surface area contributed by atoms with E-state index in [-0.39, 0.29) is 47.9 Å². The summed E-state index contributed by atoms with van der Waals surface area (Å²) in [6, 6.07) is 10.3. The van der Waals surface area contributed by atoms with Crippen molar-refractivity contribution in [2.24, 2.45) is 0 Å². The summed E-state index contributed by atoms with van der Waals surface area (Å²) in [7, 11) is 1.38. The maximum Gasteiger partial charge on any atom is 0.356 e. The number of rotatable bonds is 9. The molecule has 3 aromatic rings. The maximum atomic E-state index is 13.6. The van der Waals surface area contributed by atoms with E-state index in [2.05, 4.69) is 15.7 Å². The van der Waals surface area contributed by atoms with Crippen molar-refractivity contribution in [3.8, 4) is 17.0 Å². The molecule has 1 aromatic heterocycles. The second-order valence-corrected chi connectivity index (χ2v) is 8.50. The number of methoxy groups -OCH3 is 1. The van der Waals surface area contributed by atoms with Gasteiger partial charge in [-0.05, 0) is 30.7 Å². The molecule has 0 atom stereocenters. The van der Waals surface area contributed by atoms with Gasteiger partial charge in [-0.1, -0.05) is 24.3 Å². The van der Waals surface area contributed by atoms with Gasteiger partial charge in [0.25, 0.3) is 5.91 Å². The molecule has 3 N–H and O–H groups in total. The lowest BCUT2D eigenvalue weighted by molar-refractivity contribution is -0.0889. The van der Waals surface area contributed by atoms with E-state index in [0.717, 1.165) is 6.07 Å². The normalized spacial score (nSPS) is 14.7. The average Bonchev–Trinajstić information content (AvgIpc) is 3.20. The smallest absolute Gasteiger partial charge is 0.356 e. The van der Waals surface area contributed by atoms with E-state index in [4.69, 9.17) is 4.74 Å². The number of hydrogen-bond acceptors (Lipinski definition) is 5. The first kappa shape index (κ1) is 25.1. The van der Waals surface area contributed by atoms with Crippen LogP contribution in [0.4, 0.5) is 13.2 Å². The first-order chi connectivity index (χ1) is 17.1. The molecule has 0 aliphatic heterocycles. The second-order valence-electron chi connectivity index (χ2n) is 8.50. The van der Waals surface area contributed by atoms with Crippen molar-refractivity contribution in [3.05, 3.63) is 70.9 Å². The van der Waals surface area contributed by atoms with Crippen molar-refractivity contribution in [3.63, 3.8) is 0 Å². The van der Waals surface area contributed by atoms with Crippen LogP contribution in [0.3, 0.4) is 0 Å². The Kier molecular flexibility index (Phi) is 6.91. The number of ether oxygens (including phenoxy) is 1. The van der Waals surface area contributed by atoms with E-state index in [9.17, 15) is 27.9 Å². The fourth-order valence-electron chi connectivity index (χ4n) is 4.19. The Morgan fingerprint density at radius 1 is 1.19 bits per heavy atom. The minimum Gasteiger partial charge on any atom is -0.496 e. The number of carboxylic acids is 1. The van der Waals surface area contributed by atoms with Crippen LogP contribution in [0, 0.1) is 5.82 Å². The van der Waals surface area contributed by atoms with E-state index in [0.29, 0.717) is 17.7 Å². The summed E-state index contributed by atoms with van der Waals surface area (Å²) in [5, 5.41) is 12.6. The molecule has 1 aliphatic rings. The van der Waals surface area contributed by atoms with Crippen LogP contribution in [0.2, 0.25) is 0 Å². The van der Waals surface area contributed by atoms with Gasteiger partial charge in [-0.2, -0.15) is 0 Å². The number of halogens is 3.